The molecule has 92 valence electrons. The van der Waals surface area contributed by atoms with Gasteiger partial charge in [0.05, 0.1) is 5.60 Å². The molecule has 1 saturated heterocycles. The molecule has 0 saturated carbocycles. The maximum Gasteiger partial charge on any atom is 0.127 e. The predicted molar refractivity (Wildman–Crippen MR) is 70.9 cm³/mol. The second-order valence-corrected chi connectivity index (χ2v) is 5.09. The second kappa shape index (κ2) is 4.14. The van der Waals surface area contributed by atoms with Crippen LogP contribution in [-0.2, 0) is 4.74 Å². The molecule has 0 radical (unpaired) electrons. The van der Waals surface area contributed by atoms with Gasteiger partial charge in [0, 0.05) is 0 Å². The summed E-state index contributed by atoms with van der Waals surface area (Å²) in [6.07, 6.45) is 0.225. The van der Waals surface area contributed by atoms with E-state index < -0.39 is 0 Å². The summed E-state index contributed by atoms with van der Waals surface area (Å²) in [5.74, 6) is 1.71. The van der Waals surface area contributed by atoms with Gasteiger partial charge in [-0.1, -0.05) is 30.3 Å². The summed E-state index contributed by atoms with van der Waals surface area (Å²) in [6.45, 7) is 4.21. The molecule has 2 aromatic carbocycles. The Bertz CT molecular complexity index is 529. The molecule has 1 aliphatic rings. The van der Waals surface area contributed by atoms with E-state index in [1.54, 1.807) is 0 Å². The number of rotatable bonds is 3. The van der Waals surface area contributed by atoms with Crippen molar-refractivity contribution < 1.29 is 9.47 Å². The normalized spacial score (nSPS) is 20.4. The zero-order valence-electron chi connectivity index (χ0n) is 10.6. The molecule has 1 aliphatic heterocycles. The van der Waals surface area contributed by atoms with E-state index in [2.05, 4.69) is 26.0 Å². The zero-order chi connectivity index (χ0) is 12.6. The van der Waals surface area contributed by atoms with Crippen LogP contribution in [0.3, 0.4) is 0 Å². The maximum absolute atomic E-state index is 5.74. The first-order valence-electron chi connectivity index (χ1n) is 6.16. The van der Waals surface area contributed by atoms with Crippen LogP contribution in [0.2, 0.25) is 0 Å². The first-order chi connectivity index (χ1) is 8.65. The maximum atomic E-state index is 5.74. The van der Waals surface area contributed by atoms with Crippen molar-refractivity contribution >= 4 is 0 Å². The summed E-state index contributed by atoms with van der Waals surface area (Å²) in [5, 5.41) is 0. The largest absolute Gasteiger partial charge is 0.457 e. The lowest BCUT2D eigenvalue weighted by molar-refractivity contribution is 0.325. The van der Waals surface area contributed by atoms with Gasteiger partial charge in [-0.05, 0) is 43.7 Å². The summed E-state index contributed by atoms with van der Waals surface area (Å²) in [5.41, 5.74) is 1.20. The van der Waals surface area contributed by atoms with Gasteiger partial charge in [0.25, 0.3) is 0 Å². The Morgan fingerprint density at radius 1 is 0.889 bits per heavy atom. The van der Waals surface area contributed by atoms with Crippen LogP contribution in [0.25, 0.3) is 0 Å². The Balaban J connectivity index is 1.72. The van der Waals surface area contributed by atoms with Crippen LogP contribution < -0.4 is 4.74 Å². The van der Waals surface area contributed by atoms with Crippen molar-refractivity contribution in [2.45, 2.75) is 25.6 Å². The fourth-order valence-corrected chi connectivity index (χ4v) is 2.07. The Hall–Kier alpha value is -1.80. The monoisotopic (exact) mass is 240 g/mol. The quantitative estimate of drug-likeness (QED) is 0.745. The highest BCUT2D eigenvalue weighted by molar-refractivity contribution is 5.35. The van der Waals surface area contributed by atoms with E-state index >= 15 is 0 Å². The number of benzene rings is 2. The molecule has 2 nitrogen and oxygen atoms in total. The van der Waals surface area contributed by atoms with Crippen molar-refractivity contribution in [3.8, 4) is 11.5 Å². The highest BCUT2D eigenvalue weighted by atomic mass is 16.6. The molecule has 0 N–H and O–H groups in total. The van der Waals surface area contributed by atoms with Gasteiger partial charge in [0.2, 0.25) is 0 Å². The summed E-state index contributed by atoms with van der Waals surface area (Å²) in [6, 6.07) is 17.9. The van der Waals surface area contributed by atoms with Crippen LogP contribution in [0, 0.1) is 0 Å². The molecule has 1 unspecified atom stereocenters. The van der Waals surface area contributed by atoms with Crippen molar-refractivity contribution in [2.24, 2.45) is 0 Å². The van der Waals surface area contributed by atoms with E-state index in [0.717, 1.165) is 11.5 Å². The van der Waals surface area contributed by atoms with Gasteiger partial charge in [-0.3, -0.25) is 0 Å². The zero-order valence-corrected chi connectivity index (χ0v) is 10.6. The molecule has 0 spiro atoms. The fourth-order valence-electron chi connectivity index (χ4n) is 2.07. The van der Waals surface area contributed by atoms with Gasteiger partial charge in [-0.25, -0.2) is 0 Å². The average Bonchev–Trinajstić information content (AvgIpc) is 3.01. The molecule has 0 amide bonds. The third-order valence-electron chi connectivity index (χ3n) is 3.16. The minimum atomic E-state index is -0.0121. The molecule has 1 fully saturated rings. The van der Waals surface area contributed by atoms with Crippen LogP contribution >= 0.6 is 0 Å². The number of hydrogen-bond donors (Lipinski definition) is 0. The number of para-hydroxylation sites is 1. The molecular weight excluding hydrogens is 224 g/mol. The molecule has 3 rings (SSSR count). The third-order valence-corrected chi connectivity index (χ3v) is 3.16. The molecule has 0 aliphatic carbocycles. The van der Waals surface area contributed by atoms with Gasteiger partial charge in [-0.15, -0.1) is 0 Å². The van der Waals surface area contributed by atoms with E-state index in [9.17, 15) is 0 Å². The van der Waals surface area contributed by atoms with Gasteiger partial charge in [0.15, 0.2) is 0 Å². The predicted octanol–water partition coefficient (Wildman–Crippen LogP) is 4.33. The standard InChI is InChI=1S/C16H16O2/c1-16(2)15(18-16)12-8-10-14(11-9-12)17-13-6-4-3-5-7-13/h3-11,15H,1-2H3. The topological polar surface area (TPSA) is 21.8 Å². The summed E-state index contributed by atoms with van der Waals surface area (Å²) in [7, 11) is 0. The Kier molecular flexibility index (Phi) is 2.60. The van der Waals surface area contributed by atoms with Crippen LogP contribution in [0.5, 0.6) is 11.5 Å². The highest BCUT2D eigenvalue weighted by Gasteiger charge is 2.48. The van der Waals surface area contributed by atoms with Crippen molar-refractivity contribution in [3.05, 3.63) is 60.2 Å². The number of epoxide rings is 1. The molecule has 1 heterocycles. The average molecular weight is 240 g/mol. The van der Waals surface area contributed by atoms with Crippen LogP contribution in [0.1, 0.15) is 25.5 Å². The minimum Gasteiger partial charge on any atom is -0.457 e. The lowest BCUT2D eigenvalue weighted by Crippen LogP contribution is -1.97. The molecular formula is C16H16O2. The molecule has 2 aromatic rings. The molecule has 0 aromatic heterocycles. The molecule has 1 atom stereocenters. The third kappa shape index (κ3) is 2.24. The molecule has 0 bridgehead atoms. The van der Waals surface area contributed by atoms with E-state index in [0.29, 0.717) is 0 Å². The summed E-state index contributed by atoms with van der Waals surface area (Å²) in [4.78, 5) is 0. The van der Waals surface area contributed by atoms with Crippen LogP contribution in [0.4, 0.5) is 0 Å². The smallest absolute Gasteiger partial charge is 0.127 e. The Labute approximate surface area is 107 Å². The lowest BCUT2D eigenvalue weighted by Gasteiger charge is -2.06. The summed E-state index contributed by atoms with van der Waals surface area (Å²) < 4.78 is 11.4. The van der Waals surface area contributed by atoms with E-state index in [4.69, 9.17) is 9.47 Å². The molecule has 2 heteroatoms. The summed E-state index contributed by atoms with van der Waals surface area (Å²) >= 11 is 0. The van der Waals surface area contributed by atoms with Crippen molar-refractivity contribution in [2.75, 3.05) is 0 Å². The SMILES string of the molecule is CC1(C)OC1c1ccc(Oc2ccccc2)cc1. The van der Waals surface area contributed by atoms with Crippen molar-refractivity contribution in [1.82, 2.24) is 0 Å². The van der Waals surface area contributed by atoms with Crippen molar-refractivity contribution in [1.29, 1.82) is 0 Å². The first kappa shape index (κ1) is 11.3. The van der Waals surface area contributed by atoms with E-state index in [1.807, 2.05) is 42.5 Å². The van der Waals surface area contributed by atoms with Crippen LogP contribution in [0.15, 0.2) is 54.6 Å². The van der Waals surface area contributed by atoms with Gasteiger partial charge < -0.3 is 9.47 Å². The number of ether oxygens (including phenoxy) is 2. The van der Waals surface area contributed by atoms with Crippen molar-refractivity contribution in [3.63, 3.8) is 0 Å². The van der Waals surface area contributed by atoms with Crippen LogP contribution in [-0.4, -0.2) is 5.60 Å². The lowest BCUT2D eigenvalue weighted by atomic mass is 10.0. The van der Waals surface area contributed by atoms with E-state index in [1.165, 1.54) is 5.56 Å². The van der Waals surface area contributed by atoms with E-state index in [-0.39, 0.29) is 11.7 Å². The minimum absolute atomic E-state index is 0.0121. The highest BCUT2D eigenvalue weighted by Crippen LogP contribution is 2.48. The first-order valence-corrected chi connectivity index (χ1v) is 6.16. The van der Waals surface area contributed by atoms with Gasteiger partial charge >= 0.3 is 0 Å². The number of hydrogen-bond acceptors (Lipinski definition) is 2. The van der Waals surface area contributed by atoms with Gasteiger partial charge in [-0.2, -0.15) is 0 Å². The second-order valence-electron chi connectivity index (χ2n) is 5.09. The fraction of sp³-hybridized carbons (Fsp3) is 0.250. The Morgan fingerprint density at radius 3 is 2.00 bits per heavy atom. The Morgan fingerprint density at radius 2 is 1.44 bits per heavy atom. The van der Waals surface area contributed by atoms with Gasteiger partial charge in [0.1, 0.15) is 17.6 Å². The molecule has 18 heavy (non-hydrogen) atoms.